The second-order valence-electron chi connectivity index (χ2n) is 9.75. The smallest absolute Gasteiger partial charge is 0.249 e. The Morgan fingerprint density at radius 1 is 1.11 bits per heavy atom. The summed E-state index contributed by atoms with van der Waals surface area (Å²) in [5.41, 5.74) is 8.06. The third kappa shape index (κ3) is 6.99. The van der Waals surface area contributed by atoms with Crippen LogP contribution in [0.15, 0.2) is 66.9 Å². The van der Waals surface area contributed by atoms with Gasteiger partial charge >= 0.3 is 0 Å². The summed E-state index contributed by atoms with van der Waals surface area (Å²) in [6.45, 7) is 8.52. The molecule has 2 N–H and O–H groups in total. The van der Waals surface area contributed by atoms with Crippen LogP contribution < -0.4 is 5.73 Å². The van der Waals surface area contributed by atoms with Gasteiger partial charge in [-0.1, -0.05) is 81.4 Å². The number of carbonyl (C=O) groups excluding carboxylic acids is 1. The van der Waals surface area contributed by atoms with Crippen molar-refractivity contribution in [2.24, 2.45) is 11.1 Å². The third-order valence-electron chi connectivity index (χ3n) is 5.85. The molecule has 0 radical (unpaired) electrons. The maximum atomic E-state index is 14.7. The molecule has 3 rings (SSSR count). The van der Waals surface area contributed by atoms with E-state index in [1.54, 1.807) is 4.90 Å². The van der Waals surface area contributed by atoms with Crippen molar-refractivity contribution in [1.29, 1.82) is 0 Å². The molecule has 1 heterocycles. The molecule has 0 aliphatic heterocycles. The summed E-state index contributed by atoms with van der Waals surface area (Å²) in [5.74, 6) is 0.424. The number of nitrogens with two attached hydrogens (primary N) is 1. The van der Waals surface area contributed by atoms with Gasteiger partial charge in [0.15, 0.2) is 0 Å². The fourth-order valence-electron chi connectivity index (χ4n) is 4.21. The highest BCUT2D eigenvalue weighted by molar-refractivity contribution is 5.78. The molecule has 2 atom stereocenters. The predicted molar refractivity (Wildman–Crippen MR) is 138 cm³/mol. The van der Waals surface area contributed by atoms with Gasteiger partial charge in [0.2, 0.25) is 5.91 Å². The van der Waals surface area contributed by atoms with E-state index in [4.69, 9.17) is 15.5 Å². The molecular formula is C28H37FN4O2. The highest BCUT2D eigenvalue weighted by Gasteiger charge is 2.39. The number of carbonyl (C=O) groups is 1. The Kier molecular flexibility index (Phi) is 9.18. The molecule has 0 saturated carbocycles. The van der Waals surface area contributed by atoms with E-state index in [0.29, 0.717) is 19.0 Å². The van der Waals surface area contributed by atoms with E-state index in [9.17, 15) is 9.18 Å². The van der Waals surface area contributed by atoms with Crippen molar-refractivity contribution in [2.75, 3.05) is 26.3 Å². The van der Waals surface area contributed by atoms with E-state index in [-0.39, 0.29) is 25.6 Å². The Morgan fingerprint density at radius 2 is 1.74 bits per heavy atom. The van der Waals surface area contributed by atoms with Gasteiger partial charge in [-0.3, -0.25) is 4.79 Å². The zero-order valence-electron chi connectivity index (χ0n) is 21.2. The average Bonchev–Trinajstić information content (AvgIpc) is 3.25. The number of aromatic nitrogens is 2. The van der Waals surface area contributed by atoms with Gasteiger partial charge in [-0.25, -0.2) is 9.37 Å². The van der Waals surface area contributed by atoms with Gasteiger partial charge in [0.1, 0.15) is 18.6 Å². The number of hydrogen-bond donors (Lipinski definition) is 1. The summed E-state index contributed by atoms with van der Waals surface area (Å²) in [6, 6.07) is 19.5. The van der Waals surface area contributed by atoms with E-state index in [1.807, 2.05) is 82.4 Å². The van der Waals surface area contributed by atoms with Gasteiger partial charge in [-0.2, -0.15) is 0 Å². The molecule has 2 aromatic carbocycles. The Balaban J connectivity index is 2.15. The molecule has 0 bridgehead atoms. The summed E-state index contributed by atoms with van der Waals surface area (Å²) >= 11 is 0. The van der Waals surface area contributed by atoms with Gasteiger partial charge in [-0.05, 0) is 17.9 Å². The highest BCUT2D eigenvalue weighted by atomic mass is 19.1. The molecule has 7 heteroatoms. The monoisotopic (exact) mass is 480 g/mol. The number of nitrogens with zero attached hydrogens (tertiary/aromatic N) is 3. The largest absolute Gasteiger partial charge is 0.372 e. The first-order chi connectivity index (χ1) is 16.7. The van der Waals surface area contributed by atoms with Crippen LogP contribution in [0.2, 0.25) is 0 Å². The Hall–Kier alpha value is -3.03. The average molecular weight is 481 g/mol. The number of benzene rings is 2. The molecular weight excluding hydrogens is 443 g/mol. The van der Waals surface area contributed by atoms with Gasteiger partial charge < -0.3 is 19.9 Å². The number of ether oxygens (including phenoxy) is 1. The first kappa shape index (κ1) is 26.6. The second-order valence-corrected chi connectivity index (χ2v) is 9.75. The van der Waals surface area contributed by atoms with Gasteiger partial charge in [0.25, 0.3) is 0 Å². The Bertz CT molecular complexity index is 1060. The van der Waals surface area contributed by atoms with Crippen LogP contribution in [0.1, 0.15) is 45.1 Å². The fraction of sp³-hybridized carbons (Fsp3) is 0.429. The van der Waals surface area contributed by atoms with Crippen molar-refractivity contribution in [1.82, 2.24) is 14.5 Å². The molecule has 1 amide bonds. The summed E-state index contributed by atoms with van der Waals surface area (Å²) in [7, 11) is 0. The van der Waals surface area contributed by atoms with Crippen LogP contribution in [0.3, 0.4) is 0 Å². The predicted octanol–water partition coefficient (Wildman–Crippen LogP) is 4.85. The summed E-state index contributed by atoms with van der Waals surface area (Å²) in [5, 5.41) is 0. The first-order valence-corrected chi connectivity index (χ1v) is 12.1. The fourth-order valence-corrected chi connectivity index (χ4v) is 4.21. The SMILES string of the molecule is CCOCC(=O)N(C[C@H](F)CN)[C@@H](c1nc(-c2ccccc2)cn1Cc1ccccc1)C(C)(C)C. The van der Waals surface area contributed by atoms with E-state index >= 15 is 0 Å². The quantitative estimate of drug-likeness (QED) is 0.426. The maximum absolute atomic E-state index is 14.7. The van der Waals surface area contributed by atoms with Crippen LogP contribution in [0, 0.1) is 5.41 Å². The molecule has 6 nitrogen and oxygen atoms in total. The van der Waals surface area contributed by atoms with Crippen molar-refractivity contribution in [3.63, 3.8) is 0 Å². The molecule has 1 aromatic heterocycles. The summed E-state index contributed by atoms with van der Waals surface area (Å²) in [4.78, 5) is 19.9. The van der Waals surface area contributed by atoms with Crippen molar-refractivity contribution in [2.45, 2.75) is 46.5 Å². The lowest BCUT2D eigenvalue weighted by molar-refractivity contribution is -0.142. The lowest BCUT2D eigenvalue weighted by Crippen LogP contribution is -2.47. The zero-order valence-corrected chi connectivity index (χ0v) is 21.2. The van der Waals surface area contributed by atoms with Crippen LogP contribution in [0.5, 0.6) is 0 Å². The molecule has 0 unspecified atom stereocenters. The van der Waals surface area contributed by atoms with Crippen molar-refractivity contribution >= 4 is 5.91 Å². The van der Waals surface area contributed by atoms with Crippen LogP contribution in [-0.4, -0.2) is 52.8 Å². The van der Waals surface area contributed by atoms with Crippen LogP contribution >= 0.6 is 0 Å². The molecule has 35 heavy (non-hydrogen) atoms. The third-order valence-corrected chi connectivity index (χ3v) is 5.85. The standard InChI is InChI=1S/C28H37FN4O2/c1-5-35-20-25(34)33(18-23(29)16-30)26(28(2,3)4)27-31-24(22-14-10-7-11-15-22)19-32(27)17-21-12-8-6-9-13-21/h6-15,19,23,26H,5,16-18,20,30H2,1-4H3/t23-,26+/m1/s1. The molecule has 0 saturated heterocycles. The van der Waals surface area contributed by atoms with Gasteiger partial charge in [0.05, 0.1) is 18.3 Å². The number of hydrogen-bond acceptors (Lipinski definition) is 4. The number of imidazole rings is 1. The maximum Gasteiger partial charge on any atom is 0.249 e. The van der Waals surface area contributed by atoms with Crippen LogP contribution in [-0.2, 0) is 16.1 Å². The van der Waals surface area contributed by atoms with Crippen LogP contribution in [0.25, 0.3) is 11.3 Å². The Morgan fingerprint density at radius 3 is 2.31 bits per heavy atom. The lowest BCUT2D eigenvalue weighted by Gasteiger charge is -2.40. The zero-order chi connectivity index (χ0) is 25.4. The number of amides is 1. The van der Waals surface area contributed by atoms with Crippen molar-refractivity contribution in [3.8, 4) is 11.3 Å². The minimum absolute atomic E-state index is 0.120. The highest BCUT2D eigenvalue weighted by Crippen LogP contribution is 2.39. The second kappa shape index (κ2) is 12.1. The molecule has 188 valence electrons. The number of halogens is 1. The minimum atomic E-state index is -1.35. The van der Waals surface area contributed by atoms with E-state index in [0.717, 1.165) is 16.8 Å². The Labute approximate surface area is 207 Å². The minimum Gasteiger partial charge on any atom is -0.372 e. The van der Waals surface area contributed by atoms with E-state index in [2.05, 4.69) is 16.7 Å². The summed E-state index contributed by atoms with van der Waals surface area (Å²) < 4.78 is 22.2. The molecule has 0 aliphatic carbocycles. The van der Waals surface area contributed by atoms with E-state index < -0.39 is 17.6 Å². The lowest BCUT2D eigenvalue weighted by atomic mass is 9.84. The van der Waals surface area contributed by atoms with Crippen molar-refractivity contribution < 1.29 is 13.9 Å². The van der Waals surface area contributed by atoms with Gasteiger partial charge in [-0.15, -0.1) is 0 Å². The van der Waals surface area contributed by atoms with Crippen molar-refractivity contribution in [3.05, 3.63) is 78.2 Å². The number of rotatable bonds is 11. The van der Waals surface area contributed by atoms with Crippen LogP contribution in [0.4, 0.5) is 4.39 Å². The molecule has 0 fully saturated rings. The first-order valence-electron chi connectivity index (χ1n) is 12.1. The topological polar surface area (TPSA) is 73.4 Å². The normalized spacial score (nSPS) is 13.4. The van der Waals surface area contributed by atoms with E-state index in [1.165, 1.54) is 0 Å². The number of alkyl halides is 1. The summed E-state index contributed by atoms with van der Waals surface area (Å²) in [6.07, 6.45) is 0.661. The molecule has 0 aliphatic rings. The van der Waals surface area contributed by atoms with Gasteiger partial charge in [0, 0.05) is 31.5 Å². The molecule has 3 aromatic rings. The molecule has 0 spiro atoms.